The minimum Gasteiger partial charge on any atom is -0.150 e. The lowest BCUT2D eigenvalue weighted by molar-refractivity contribution is 1.06. The molecule has 74 valence electrons. The molecule has 15 heavy (non-hydrogen) atoms. The first-order chi connectivity index (χ1) is 7.40. The van der Waals surface area contributed by atoms with Crippen LogP contribution in [0.4, 0.5) is 0 Å². The lowest BCUT2D eigenvalue weighted by atomic mass is 10.0. The predicted octanol–water partition coefficient (Wildman–Crippen LogP) is 3.62. The lowest BCUT2D eigenvalue weighted by Gasteiger charge is -2.01. The van der Waals surface area contributed by atoms with Crippen LogP contribution in [-0.2, 0) is 6.54 Å². The van der Waals surface area contributed by atoms with Gasteiger partial charge < -0.3 is 0 Å². The maximum atomic E-state index is 10.1. The van der Waals surface area contributed by atoms with Gasteiger partial charge in [-0.2, -0.15) is 4.91 Å². The van der Waals surface area contributed by atoms with E-state index in [4.69, 9.17) is 0 Å². The monoisotopic (exact) mass is 197 g/mol. The fraction of sp³-hybridized carbons (Fsp3) is 0.0769. The highest BCUT2D eigenvalue weighted by atomic mass is 16.3. The van der Waals surface area contributed by atoms with Gasteiger partial charge in [-0.25, -0.2) is 0 Å². The maximum Gasteiger partial charge on any atom is 0.106 e. The van der Waals surface area contributed by atoms with Gasteiger partial charge in [0.25, 0.3) is 0 Å². The summed E-state index contributed by atoms with van der Waals surface area (Å²) in [4.78, 5) is 10.1. The second-order valence-electron chi connectivity index (χ2n) is 3.35. The zero-order chi connectivity index (χ0) is 10.5. The standard InChI is InChI=1S/C13H11NO/c15-14-10-11-6-8-13(9-7-11)12-4-2-1-3-5-12/h1-9H,10H2. The molecule has 0 spiro atoms. The molecule has 2 nitrogen and oxygen atoms in total. The van der Waals surface area contributed by atoms with Gasteiger partial charge in [0, 0.05) is 0 Å². The number of nitrogens with zero attached hydrogens (tertiary/aromatic N) is 1. The summed E-state index contributed by atoms with van der Waals surface area (Å²) in [6.45, 7) is 0.245. The van der Waals surface area contributed by atoms with Gasteiger partial charge in [0.05, 0.1) is 0 Å². The zero-order valence-electron chi connectivity index (χ0n) is 8.26. The molecule has 0 bridgehead atoms. The molecule has 2 heteroatoms. The molecule has 2 aromatic carbocycles. The Labute approximate surface area is 88.5 Å². The Morgan fingerprint density at radius 1 is 0.800 bits per heavy atom. The van der Waals surface area contributed by atoms with Crippen molar-refractivity contribution in [3.05, 3.63) is 65.1 Å². The summed E-state index contributed by atoms with van der Waals surface area (Å²) in [6.07, 6.45) is 0. The Kier molecular flexibility index (Phi) is 2.88. The number of rotatable bonds is 3. The van der Waals surface area contributed by atoms with Crippen LogP contribution < -0.4 is 0 Å². The lowest BCUT2D eigenvalue weighted by Crippen LogP contribution is -1.81. The summed E-state index contributed by atoms with van der Waals surface area (Å²) < 4.78 is 0. The molecule has 0 fully saturated rings. The van der Waals surface area contributed by atoms with Crippen LogP contribution in [0.1, 0.15) is 5.56 Å². The molecule has 0 N–H and O–H groups in total. The van der Waals surface area contributed by atoms with Gasteiger partial charge in [-0.3, -0.25) is 0 Å². The number of hydrogen-bond donors (Lipinski definition) is 0. The highest BCUT2D eigenvalue weighted by Gasteiger charge is 1.96. The molecule has 2 rings (SSSR count). The van der Waals surface area contributed by atoms with E-state index in [0.29, 0.717) is 0 Å². The highest BCUT2D eigenvalue weighted by Crippen LogP contribution is 2.19. The minimum absolute atomic E-state index is 0.245. The summed E-state index contributed by atoms with van der Waals surface area (Å²) in [5.74, 6) is 0. The zero-order valence-corrected chi connectivity index (χ0v) is 8.26. The fourth-order valence-corrected chi connectivity index (χ4v) is 1.51. The second-order valence-corrected chi connectivity index (χ2v) is 3.35. The molecule has 0 aliphatic rings. The van der Waals surface area contributed by atoms with Crippen LogP contribution in [-0.4, -0.2) is 0 Å². The molecule has 2 aromatic rings. The van der Waals surface area contributed by atoms with Crippen molar-refractivity contribution in [3.63, 3.8) is 0 Å². The van der Waals surface area contributed by atoms with Crippen LogP contribution in [0.2, 0.25) is 0 Å². The van der Waals surface area contributed by atoms with Crippen LogP contribution >= 0.6 is 0 Å². The first-order valence-corrected chi connectivity index (χ1v) is 4.83. The second kappa shape index (κ2) is 4.51. The minimum atomic E-state index is 0.245. The van der Waals surface area contributed by atoms with Gasteiger partial charge in [0.15, 0.2) is 0 Å². The van der Waals surface area contributed by atoms with Crippen molar-refractivity contribution in [2.75, 3.05) is 0 Å². The number of hydrogen-bond acceptors (Lipinski definition) is 2. The summed E-state index contributed by atoms with van der Waals surface area (Å²) in [6, 6.07) is 18.0. The molecule has 0 atom stereocenters. The van der Waals surface area contributed by atoms with Crippen molar-refractivity contribution in [1.82, 2.24) is 0 Å². The molecular weight excluding hydrogens is 186 g/mol. The van der Waals surface area contributed by atoms with E-state index in [2.05, 4.69) is 17.3 Å². The van der Waals surface area contributed by atoms with Gasteiger partial charge in [0.1, 0.15) is 6.54 Å². The third-order valence-electron chi connectivity index (χ3n) is 2.31. The third kappa shape index (κ3) is 2.29. The Balaban J connectivity index is 2.28. The summed E-state index contributed by atoms with van der Waals surface area (Å²) in [5, 5.41) is 2.86. The van der Waals surface area contributed by atoms with Crippen LogP contribution in [0.25, 0.3) is 11.1 Å². The largest absolute Gasteiger partial charge is 0.150 e. The SMILES string of the molecule is O=NCc1ccc(-c2ccccc2)cc1. The molecule has 0 aromatic heterocycles. The summed E-state index contributed by atoms with van der Waals surface area (Å²) in [7, 11) is 0. The Morgan fingerprint density at radius 3 is 2.00 bits per heavy atom. The topological polar surface area (TPSA) is 29.4 Å². The fourth-order valence-electron chi connectivity index (χ4n) is 1.51. The first kappa shape index (κ1) is 9.59. The van der Waals surface area contributed by atoms with Crippen molar-refractivity contribution >= 4 is 0 Å². The van der Waals surface area contributed by atoms with E-state index < -0.39 is 0 Å². The molecule has 0 aliphatic carbocycles. The van der Waals surface area contributed by atoms with Crippen molar-refractivity contribution in [3.8, 4) is 11.1 Å². The van der Waals surface area contributed by atoms with Gasteiger partial charge in [0.2, 0.25) is 0 Å². The third-order valence-corrected chi connectivity index (χ3v) is 2.31. The predicted molar refractivity (Wildman–Crippen MR) is 61.4 cm³/mol. The van der Waals surface area contributed by atoms with Crippen LogP contribution in [0, 0.1) is 4.91 Å². The molecular formula is C13H11NO. The van der Waals surface area contributed by atoms with Crippen molar-refractivity contribution in [2.45, 2.75) is 6.54 Å². The van der Waals surface area contributed by atoms with Crippen molar-refractivity contribution in [1.29, 1.82) is 0 Å². The first-order valence-electron chi connectivity index (χ1n) is 4.83. The number of benzene rings is 2. The van der Waals surface area contributed by atoms with E-state index in [1.807, 2.05) is 42.5 Å². The van der Waals surface area contributed by atoms with Crippen molar-refractivity contribution in [2.24, 2.45) is 5.18 Å². The maximum absolute atomic E-state index is 10.1. The van der Waals surface area contributed by atoms with Gasteiger partial charge in [-0.15, -0.1) is 0 Å². The normalized spacial score (nSPS) is 9.87. The average molecular weight is 197 g/mol. The summed E-state index contributed by atoms with van der Waals surface area (Å²) in [5.41, 5.74) is 3.29. The van der Waals surface area contributed by atoms with Crippen LogP contribution in [0.15, 0.2) is 59.8 Å². The number of nitroso groups, excluding NO2 is 1. The van der Waals surface area contributed by atoms with Crippen molar-refractivity contribution < 1.29 is 0 Å². The van der Waals surface area contributed by atoms with Gasteiger partial charge in [-0.1, -0.05) is 59.8 Å². The Bertz CT molecular complexity index is 434. The smallest absolute Gasteiger partial charge is 0.106 e. The molecule has 0 unspecified atom stereocenters. The molecule has 0 saturated carbocycles. The molecule has 0 amide bonds. The molecule has 0 radical (unpaired) electrons. The molecule has 0 saturated heterocycles. The molecule has 0 heterocycles. The van der Waals surface area contributed by atoms with E-state index in [0.717, 1.165) is 11.1 Å². The van der Waals surface area contributed by atoms with Crippen LogP contribution in [0.5, 0.6) is 0 Å². The highest BCUT2D eigenvalue weighted by molar-refractivity contribution is 5.63. The Hall–Kier alpha value is -1.96. The van der Waals surface area contributed by atoms with E-state index in [1.165, 1.54) is 5.56 Å². The summed E-state index contributed by atoms with van der Waals surface area (Å²) >= 11 is 0. The Morgan fingerprint density at radius 2 is 1.40 bits per heavy atom. The van der Waals surface area contributed by atoms with Gasteiger partial charge >= 0.3 is 0 Å². The van der Waals surface area contributed by atoms with Gasteiger partial charge in [-0.05, 0) is 16.7 Å². The van der Waals surface area contributed by atoms with E-state index in [9.17, 15) is 4.91 Å². The quantitative estimate of drug-likeness (QED) is 0.691. The van der Waals surface area contributed by atoms with E-state index >= 15 is 0 Å². The van der Waals surface area contributed by atoms with E-state index in [-0.39, 0.29) is 6.54 Å². The molecule has 0 aliphatic heterocycles. The average Bonchev–Trinajstić information content (AvgIpc) is 2.32. The van der Waals surface area contributed by atoms with Crippen LogP contribution in [0.3, 0.4) is 0 Å². The van der Waals surface area contributed by atoms with E-state index in [1.54, 1.807) is 0 Å².